The zero-order chi connectivity index (χ0) is 18.1. The van der Waals surface area contributed by atoms with Crippen LogP contribution in [-0.4, -0.2) is 16.1 Å². The second-order valence-corrected chi connectivity index (χ2v) is 5.35. The summed E-state index contributed by atoms with van der Waals surface area (Å²) < 4.78 is 23.6. The molecule has 1 amide bonds. The summed E-state index contributed by atoms with van der Waals surface area (Å²) in [5.41, 5.74) is 0.211. The van der Waals surface area contributed by atoms with Crippen molar-refractivity contribution in [1.29, 1.82) is 0 Å². The summed E-state index contributed by atoms with van der Waals surface area (Å²) in [6, 6.07) is 11.8. The first-order valence-corrected chi connectivity index (χ1v) is 7.53. The molecule has 0 spiro atoms. The summed E-state index contributed by atoms with van der Waals surface area (Å²) >= 11 is 0. The Hall–Kier alpha value is -3.81. The molecule has 4 rings (SSSR count). The highest BCUT2D eigenvalue weighted by molar-refractivity contribution is 6.04. The topological polar surface area (TPSA) is 98.2 Å². The molecule has 0 fully saturated rings. The van der Waals surface area contributed by atoms with Crippen LogP contribution in [0, 0.1) is 5.82 Å². The minimum absolute atomic E-state index is 0.103. The van der Waals surface area contributed by atoms with Crippen LogP contribution in [0.15, 0.2) is 68.4 Å². The van der Waals surface area contributed by atoms with Gasteiger partial charge in [-0.2, -0.15) is 0 Å². The molecule has 2 heterocycles. The minimum Gasteiger partial charge on any atom is -0.463 e. The Morgan fingerprint density at radius 3 is 2.62 bits per heavy atom. The highest BCUT2D eigenvalue weighted by Crippen LogP contribution is 2.20. The lowest BCUT2D eigenvalue weighted by molar-refractivity contribution is 0.102. The van der Waals surface area contributed by atoms with Crippen LogP contribution in [0.1, 0.15) is 10.4 Å². The summed E-state index contributed by atoms with van der Waals surface area (Å²) in [4.78, 5) is 24.7. The Labute approximate surface area is 145 Å². The molecule has 4 aromatic rings. The number of para-hydroxylation sites is 1. The molecular formula is C18H10FN3O4. The molecule has 0 saturated heterocycles. The number of amides is 1. The van der Waals surface area contributed by atoms with Crippen LogP contribution in [0.4, 0.5) is 10.4 Å². The zero-order valence-corrected chi connectivity index (χ0v) is 13.1. The van der Waals surface area contributed by atoms with Crippen molar-refractivity contribution in [2.24, 2.45) is 0 Å². The van der Waals surface area contributed by atoms with Gasteiger partial charge in [0.2, 0.25) is 11.3 Å². The molecular weight excluding hydrogens is 341 g/mol. The highest BCUT2D eigenvalue weighted by Gasteiger charge is 2.17. The Morgan fingerprint density at radius 2 is 1.81 bits per heavy atom. The number of anilines is 1. The van der Waals surface area contributed by atoms with Crippen LogP contribution < -0.4 is 10.7 Å². The van der Waals surface area contributed by atoms with Gasteiger partial charge in [0.15, 0.2) is 0 Å². The van der Waals surface area contributed by atoms with Crippen LogP contribution in [0.3, 0.4) is 0 Å². The van der Waals surface area contributed by atoms with Crippen LogP contribution in [0.5, 0.6) is 0 Å². The van der Waals surface area contributed by atoms with Gasteiger partial charge in [-0.3, -0.25) is 14.9 Å². The number of nitrogens with zero attached hydrogens (tertiary/aromatic N) is 2. The zero-order valence-electron chi connectivity index (χ0n) is 13.1. The van der Waals surface area contributed by atoms with Gasteiger partial charge in [-0.15, -0.1) is 5.10 Å². The third kappa shape index (κ3) is 2.84. The van der Waals surface area contributed by atoms with Gasteiger partial charge < -0.3 is 8.83 Å². The summed E-state index contributed by atoms with van der Waals surface area (Å²) in [6.07, 6.45) is 1.08. The maximum absolute atomic E-state index is 13.0. The molecule has 2 aromatic heterocycles. The molecule has 0 atom stereocenters. The van der Waals surface area contributed by atoms with E-state index in [4.69, 9.17) is 8.83 Å². The number of benzene rings is 2. The van der Waals surface area contributed by atoms with E-state index in [2.05, 4.69) is 15.5 Å². The maximum atomic E-state index is 13.0. The van der Waals surface area contributed by atoms with E-state index in [9.17, 15) is 14.0 Å². The molecule has 0 unspecified atom stereocenters. The molecule has 7 nitrogen and oxygen atoms in total. The summed E-state index contributed by atoms with van der Waals surface area (Å²) in [5.74, 6) is -1.03. The maximum Gasteiger partial charge on any atom is 0.322 e. The van der Waals surface area contributed by atoms with Gasteiger partial charge in [-0.25, -0.2) is 4.39 Å². The normalized spacial score (nSPS) is 10.8. The van der Waals surface area contributed by atoms with Crippen molar-refractivity contribution in [2.45, 2.75) is 0 Å². The largest absolute Gasteiger partial charge is 0.463 e. The number of carbonyl (C=O) groups is 1. The summed E-state index contributed by atoms with van der Waals surface area (Å²) in [5, 5.41) is 10.1. The molecule has 0 bridgehead atoms. The average Bonchev–Trinajstić information content (AvgIpc) is 3.11. The second kappa shape index (κ2) is 6.25. The van der Waals surface area contributed by atoms with Crippen molar-refractivity contribution in [3.05, 3.63) is 76.4 Å². The molecule has 26 heavy (non-hydrogen) atoms. The van der Waals surface area contributed by atoms with Crippen LogP contribution in [-0.2, 0) is 0 Å². The third-order valence-electron chi connectivity index (χ3n) is 3.66. The van der Waals surface area contributed by atoms with Gasteiger partial charge in [0.1, 0.15) is 23.2 Å². The second-order valence-electron chi connectivity index (χ2n) is 5.35. The standard InChI is InChI=1S/C18H10FN3O4/c19-11-7-5-10(6-8-11)17-21-22-18(26-17)20-16(24)13-9-25-14-4-2-1-3-12(14)15(13)23/h1-9H,(H,20,22,24). The molecule has 0 aliphatic carbocycles. The molecule has 1 N–H and O–H groups in total. The molecule has 0 aliphatic rings. The van der Waals surface area contributed by atoms with Gasteiger partial charge in [0.25, 0.3) is 5.91 Å². The van der Waals surface area contributed by atoms with Crippen molar-refractivity contribution in [3.8, 4) is 11.5 Å². The lowest BCUT2D eigenvalue weighted by atomic mass is 10.1. The van der Waals surface area contributed by atoms with E-state index in [1.807, 2.05) is 0 Å². The predicted molar refractivity (Wildman–Crippen MR) is 90.1 cm³/mol. The van der Waals surface area contributed by atoms with Gasteiger partial charge in [-0.1, -0.05) is 17.2 Å². The first-order chi connectivity index (χ1) is 12.6. The molecule has 128 valence electrons. The van der Waals surface area contributed by atoms with E-state index in [1.54, 1.807) is 24.3 Å². The molecule has 0 aliphatic heterocycles. The number of hydrogen-bond acceptors (Lipinski definition) is 6. The van der Waals surface area contributed by atoms with Gasteiger partial charge in [0.05, 0.1) is 5.39 Å². The number of fused-ring (bicyclic) bond motifs is 1. The quantitative estimate of drug-likeness (QED) is 0.608. The van der Waals surface area contributed by atoms with Crippen molar-refractivity contribution in [1.82, 2.24) is 10.2 Å². The van der Waals surface area contributed by atoms with E-state index < -0.39 is 17.2 Å². The van der Waals surface area contributed by atoms with Crippen molar-refractivity contribution in [2.75, 3.05) is 5.32 Å². The van der Waals surface area contributed by atoms with E-state index in [1.165, 1.54) is 24.3 Å². The molecule has 0 radical (unpaired) electrons. The number of aromatic nitrogens is 2. The first kappa shape index (κ1) is 15.7. The Kier molecular flexibility index (Phi) is 3.77. The van der Waals surface area contributed by atoms with Crippen molar-refractivity contribution >= 4 is 22.9 Å². The van der Waals surface area contributed by atoms with Crippen molar-refractivity contribution in [3.63, 3.8) is 0 Å². The minimum atomic E-state index is -0.737. The number of nitrogens with one attached hydrogen (secondary N) is 1. The molecule has 0 saturated carbocycles. The summed E-state index contributed by atoms with van der Waals surface area (Å²) in [6.45, 7) is 0. The van der Waals surface area contributed by atoms with Crippen LogP contribution in [0.25, 0.3) is 22.4 Å². The average molecular weight is 351 g/mol. The lowest BCUT2D eigenvalue weighted by Gasteiger charge is -2.01. The van der Waals surface area contributed by atoms with E-state index >= 15 is 0 Å². The lowest BCUT2D eigenvalue weighted by Crippen LogP contribution is -2.21. The van der Waals surface area contributed by atoms with Crippen LogP contribution >= 0.6 is 0 Å². The van der Waals surface area contributed by atoms with E-state index in [0.29, 0.717) is 11.1 Å². The Morgan fingerprint density at radius 1 is 1.04 bits per heavy atom. The number of hydrogen-bond donors (Lipinski definition) is 1. The smallest absolute Gasteiger partial charge is 0.322 e. The fourth-order valence-corrected chi connectivity index (χ4v) is 2.38. The Balaban J connectivity index is 1.60. The molecule has 2 aromatic carbocycles. The third-order valence-corrected chi connectivity index (χ3v) is 3.66. The van der Waals surface area contributed by atoms with Gasteiger partial charge in [-0.05, 0) is 36.4 Å². The SMILES string of the molecule is O=C(Nc1nnc(-c2ccc(F)cc2)o1)c1coc2ccccc2c1=O. The fourth-order valence-electron chi connectivity index (χ4n) is 2.38. The number of carbonyl (C=O) groups excluding carboxylic acids is 1. The summed E-state index contributed by atoms with van der Waals surface area (Å²) in [7, 11) is 0. The van der Waals surface area contributed by atoms with Crippen molar-refractivity contribution < 1.29 is 18.0 Å². The van der Waals surface area contributed by atoms with Crippen LogP contribution in [0.2, 0.25) is 0 Å². The number of halogens is 1. The fraction of sp³-hybridized carbons (Fsp3) is 0. The monoisotopic (exact) mass is 351 g/mol. The van der Waals surface area contributed by atoms with Gasteiger partial charge >= 0.3 is 6.01 Å². The van der Waals surface area contributed by atoms with Gasteiger partial charge in [0, 0.05) is 5.56 Å². The van der Waals surface area contributed by atoms with E-state index in [-0.39, 0.29) is 22.9 Å². The number of rotatable bonds is 3. The van der Waals surface area contributed by atoms with E-state index in [0.717, 1.165) is 6.26 Å². The molecule has 8 heteroatoms. The first-order valence-electron chi connectivity index (χ1n) is 7.53. The highest BCUT2D eigenvalue weighted by atomic mass is 19.1. The Bertz CT molecular complexity index is 1160. The predicted octanol–water partition coefficient (Wildman–Crippen LogP) is 3.23.